The Labute approximate surface area is 146 Å². The van der Waals surface area contributed by atoms with E-state index < -0.39 is 0 Å². The van der Waals surface area contributed by atoms with Crippen molar-refractivity contribution in [1.29, 1.82) is 0 Å². The molecule has 25 heavy (non-hydrogen) atoms. The van der Waals surface area contributed by atoms with Crippen molar-refractivity contribution in [2.45, 2.75) is 19.8 Å². The van der Waals surface area contributed by atoms with E-state index in [9.17, 15) is 4.79 Å². The van der Waals surface area contributed by atoms with Crippen molar-refractivity contribution in [2.24, 2.45) is 0 Å². The van der Waals surface area contributed by atoms with E-state index >= 15 is 0 Å². The quantitative estimate of drug-likeness (QED) is 0.790. The van der Waals surface area contributed by atoms with Crippen LogP contribution in [0.4, 0.5) is 11.5 Å². The summed E-state index contributed by atoms with van der Waals surface area (Å²) in [6.07, 6.45) is 2.10. The van der Waals surface area contributed by atoms with Crippen LogP contribution in [0, 0.1) is 6.92 Å². The van der Waals surface area contributed by atoms with Gasteiger partial charge in [0.1, 0.15) is 5.82 Å². The molecule has 0 aliphatic carbocycles. The van der Waals surface area contributed by atoms with Gasteiger partial charge in [-0.05, 0) is 49.6 Å². The summed E-state index contributed by atoms with van der Waals surface area (Å²) in [5.41, 5.74) is 2.88. The highest BCUT2D eigenvalue weighted by Gasteiger charge is 2.23. The van der Waals surface area contributed by atoms with E-state index in [0.29, 0.717) is 5.82 Å². The molecule has 2 heterocycles. The van der Waals surface area contributed by atoms with Crippen LogP contribution < -0.4 is 5.32 Å². The lowest BCUT2D eigenvalue weighted by molar-refractivity contribution is 0.0781. The SMILES string of the molecule is Cc1cccc(Nc2nc(C(=O)N3CCCC3)nc3ccccc23)c1. The summed E-state index contributed by atoms with van der Waals surface area (Å²) >= 11 is 0. The molecule has 3 aromatic rings. The molecule has 4 rings (SSSR count). The van der Waals surface area contributed by atoms with Gasteiger partial charge in [-0.25, -0.2) is 9.97 Å². The van der Waals surface area contributed by atoms with Gasteiger partial charge in [-0.3, -0.25) is 4.79 Å². The van der Waals surface area contributed by atoms with Crippen molar-refractivity contribution in [1.82, 2.24) is 14.9 Å². The number of fused-ring (bicyclic) bond motifs is 1. The van der Waals surface area contributed by atoms with E-state index in [2.05, 4.69) is 21.4 Å². The van der Waals surface area contributed by atoms with Crippen LogP contribution in [0.15, 0.2) is 48.5 Å². The van der Waals surface area contributed by atoms with Gasteiger partial charge in [0.25, 0.3) is 5.91 Å². The maximum absolute atomic E-state index is 12.7. The highest BCUT2D eigenvalue weighted by molar-refractivity contribution is 5.97. The molecule has 0 atom stereocenters. The van der Waals surface area contributed by atoms with Crippen LogP contribution in [0.2, 0.25) is 0 Å². The molecule has 2 aromatic carbocycles. The minimum Gasteiger partial charge on any atom is -0.340 e. The molecule has 0 spiro atoms. The monoisotopic (exact) mass is 332 g/mol. The van der Waals surface area contributed by atoms with E-state index in [1.165, 1.54) is 0 Å². The third-order valence-electron chi connectivity index (χ3n) is 4.47. The molecule has 1 aliphatic heterocycles. The number of hydrogen-bond donors (Lipinski definition) is 1. The minimum absolute atomic E-state index is 0.0875. The lowest BCUT2D eigenvalue weighted by atomic mass is 10.2. The number of rotatable bonds is 3. The first-order valence-corrected chi connectivity index (χ1v) is 8.60. The van der Waals surface area contributed by atoms with Gasteiger partial charge in [0.2, 0.25) is 5.82 Å². The first-order valence-electron chi connectivity index (χ1n) is 8.60. The maximum atomic E-state index is 12.7. The third-order valence-corrected chi connectivity index (χ3v) is 4.47. The molecule has 0 saturated carbocycles. The van der Waals surface area contributed by atoms with Gasteiger partial charge >= 0.3 is 0 Å². The average Bonchev–Trinajstić information content (AvgIpc) is 3.15. The summed E-state index contributed by atoms with van der Waals surface area (Å²) in [6.45, 7) is 3.62. The zero-order valence-corrected chi connectivity index (χ0v) is 14.2. The molecule has 0 unspecified atom stereocenters. The van der Waals surface area contributed by atoms with Crippen molar-refractivity contribution in [2.75, 3.05) is 18.4 Å². The van der Waals surface area contributed by atoms with Crippen LogP contribution in [-0.4, -0.2) is 33.9 Å². The second kappa shape index (κ2) is 6.51. The lowest BCUT2D eigenvalue weighted by Crippen LogP contribution is -2.29. The Kier molecular flexibility index (Phi) is 4.06. The van der Waals surface area contributed by atoms with Gasteiger partial charge in [0.05, 0.1) is 5.52 Å². The Morgan fingerprint density at radius 1 is 1.04 bits per heavy atom. The smallest absolute Gasteiger partial charge is 0.291 e. The summed E-state index contributed by atoms with van der Waals surface area (Å²) in [5.74, 6) is 0.838. The second-order valence-electron chi connectivity index (χ2n) is 6.41. The van der Waals surface area contributed by atoms with Crippen molar-refractivity contribution >= 4 is 28.3 Å². The van der Waals surface area contributed by atoms with Gasteiger partial charge in [0.15, 0.2) is 0 Å². The summed E-state index contributed by atoms with van der Waals surface area (Å²) in [7, 11) is 0. The molecular formula is C20H20N4O. The molecule has 0 bridgehead atoms. The van der Waals surface area contributed by atoms with Gasteiger partial charge in [-0.15, -0.1) is 0 Å². The van der Waals surface area contributed by atoms with Crippen LogP contribution in [0.25, 0.3) is 10.9 Å². The van der Waals surface area contributed by atoms with E-state index in [1.54, 1.807) is 0 Å². The first kappa shape index (κ1) is 15.6. The number of hydrogen-bond acceptors (Lipinski definition) is 4. The number of aryl methyl sites for hydroxylation is 1. The van der Waals surface area contributed by atoms with Crippen molar-refractivity contribution < 1.29 is 4.79 Å². The number of amides is 1. The number of nitrogens with one attached hydrogen (secondary N) is 1. The summed E-state index contributed by atoms with van der Waals surface area (Å²) in [5, 5.41) is 4.26. The number of anilines is 2. The van der Waals surface area contributed by atoms with Gasteiger partial charge in [0, 0.05) is 24.2 Å². The van der Waals surface area contributed by atoms with Crippen molar-refractivity contribution in [3.63, 3.8) is 0 Å². The Morgan fingerprint density at radius 3 is 2.64 bits per heavy atom. The van der Waals surface area contributed by atoms with Gasteiger partial charge < -0.3 is 10.2 Å². The van der Waals surface area contributed by atoms with Crippen LogP contribution in [0.5, 0.6) is 0 Å². The van der Waals surface area contributed by atoms with Crippen LogP contribution >= 0.6 is 0 Å². The van der Waals surface area contributed by atoms with Gasteiger partial charge in [-0.2, -0.15) is 0 Å². The summed E-state index contributed by atoms with van der Waals surface area (Å²) < 4.78 is 0. The molecule has 1 amide bonds. The predicted molar refractivity (Wildman–Crippen MR) is 99.1 cm³/mol. The molecule has 1 aliphatic rings. The fraction of sp³-hybridized carbons (Fsp3) is 0.250. The van der Waals surface area contributed by atoms with Gasteiger partial charge in [-0.1, -0.05) is 24.3 Å². The summed E-state index contributed by atoms with van der Waals surface area (Å²) in [4.78, 5) is 23.6. The third kappa shape index (κ3) is 3.18. The number of nitrogens with zero attached hydrogens (tertiary/aromatic N) is 3. The fourth-order valence-corrected chi connectivity index (χ4v) is 3.19. The molecule has 1 saturated heterocycles. The number of carbonyl (C=O) groups is 1. The van der Waals surface area contributed by atoms with E-state index in [0.717, 1.165) is 48.1 Å². The van der Waals surface area contributed by atoms with Crippen LogP contribution in [0.1, 0.15) is 29.0 Å². The van der Waals surface area contributed by atoms with Crippen LogP contribution in [-0.2, 0) is 0 Å². The lowest BCUT2D eigenvalue weighted by Gasteiger charge is -2.16. The predicted octanol–water partition coefficient (Wildman–Crippen LogP) is 3.92. The topological polar surface area (TPSA) is 58.1 Å². The normalized spacial score (nSPS) is 14.0. The maximum Gasteiger partial charge on any atom is 0.291 e. The highest BCUT2D eigenvalue weighted by Crippen LogP contribution is 2.25. The van der Waals surface area contributed by atoms with Crippen molar-refractivity contribution in [3.05, 3.63) is 59.9 Å². The first-order chi connectivity index (χ1) is 12.2. The Morgan fingerprint density at radius 2 is 1.84 bits per heavy atom. The Bertz CT molecular complexity index is 932. The average molecular weight is 332 g/mol. The molecule has 5 nitrogen and oxygen atoms in total. The Hall–Kier alpha value is -2.95. The number of para-hydroxylation sites is 1. The highest BCUT2D eigenvalue weighted by atomic mass is 16.2. The second-order valence-corrected chi connectivity index (χ2v) is 6.41. The molecule has 126 valence electrons. The Balaban J connectivity index is 1.77. The largest absolute Gasteiger partial charge is 0.340 e. The van der Waals surface area contributed by atoms with Crippen LogP contribution in [0.3, 0.4) is 0 Å². The number of likely N-dealkylation sites (tertiary alicyclic amines) is 1. The standard InChI is InChI=1S/C20H20N4O/c1-14-7-6-8-15(13-14)21-18-16-9-2-3-10-17(16)22-19(23-18)20(25)24-11-4-5-12-24/h2-3,6-10,13H,4-5,11-12H2,1H3,(H,21,22,23). The van der Waals surface area contributed by atoms with E-state index in [4.69, 9.17) is 0 Å². The molecule has 5 heteroatoms. The minimum atomic E-state index is -0.0875. The zero-order valence-electron chi connectivity index (χ0n) is 14.2. The van der Waals surface area contributed by atoms with E-state index in [-0.39, 0.29) is 11.7 Å². The number of benzene rings is 2. The van der Waals surface area contributed by atoms with E-state index in [1.807, 2.05) is 54.3 Å². The molecule has 1 fully saturated rings. The molecular weight excluding hydrogens is 312 g/mol. The number of aromatic nitrogens is 2. The summed E-state index contributed by atoms with van der Waals surface area (Å²) in [6, 6.07) is 15.9. The molecule has 1 aromatic heterocycles. The van der Waals surface area contributed by atoms with Crippen molar-refractivity contribution in [3.8, 4) is 0 Å². The molecule has 0 radical (unpaired) electrons. The fourth-order valence-electron chi connectivity index (χ4n) is 3.19. The molecule has 1 N–H and O–H groups in total. The zero-order chi connectivity index (χ0) is 17.2. The number of carbonyl (C=O) groups excluding carboxylic acids is 1.